The molecule has 31 heavy (non-hydrogen) atoms. The van der Waals surface area contributed by atoms with Gasteiger partial charge in [0.05, 0.1) is 12.2 Å². The van der Waals surface area contributed by atoms with Gasteiger partial charge in [0.1, 0.15) is 24.4 Å². The van der Waals surface area contributed by atoms with Gasteiger partial charge in [-0.1, -0.05) is 29.9 Å². The molecule has 0 unspecified atom stereocenters. The number of ether oxygens (including phenoxy) is 3. The van der Waals surface area contributed by atoms with E-state index in [2.05, 4.69) is 12.7 Å². The lowest BCUT2D eigenvalue weighted by atomic mass is 9.85. The number of hydrogen-bond donors (Lipinski definition) is 1. The Hall–Kier alpha value is -3.09. The monoisotopic (exact) mass is 430 g/mol. The van der Waals surface area contributed by atoms with Crippen molar-refractivity contribution in [3.8, 4) is 0 Å². The third-order valence-electron chi connectivity index (χ3n) is 5.46. The summed E-state index contributed by atoms with van der Waals surface area (Å²) in [5, 5.41) is 9.50. The fourth-order valence-electron chi connectivity index (χ4n) is 3.47. The van der Waals surface area contributed by atoms with Crippen LogP contribution in [-0.4, -0.2) is 41.8 Å². The Balaban J connectivity index is 2.24. The number of carbonyl (C=O) groups excluding carboxylic acids is 3. The van der Waals surface area contributed by atoms with Crippen molar-refractivity contribution in [1.82, 2.24) is 0 Å². The first-order valence-corrected chi connectivity index (χ1v) is 10.2. The third kappa shape index (κ3) is 6.20. The summed E-state index contributed by atoms with van der Waals surface area (Å²) in [6.07, 6.45) is 6.81. The molecule has 1 heterocycles. The molecule has 0 radical (unpaired) electrons. The highest BCUT2D eigenvalue weighted by Crippen LogP contribution is 2.36. The van der Waals surface area contributed by atoms with Crippen LogP contribution >= 0.6 is 0 Å². The molecule has 7 nitrogen and oxygen atoms in total. The first-order valence-electron chi connectivity index (χ1n) is 10.2. The van der Waals surface area contributed by atoms with Crippen LogP contribution in [0.3, 0.4) is 0 Å². The predicted octanol–water partition coefficient (Wildman–Crippen LogP) is 4.02. The average molecular weight is 430 g/mol. The molecule has 0 bridgehead atoms. The van der Waals surface area contributed by atoms with Crippen molar-refractivity contribution in [2.24, 2.45) is 5.92 Å². The fraction of sp³-hybridized carbons (Fsp3) is 0.458. The van der Waals surface area contributed by atoms with Crippen LogP contribution in [0.4, 0.5) is 0 Å². The smallest absolute Gasteiger partial charge is 0.340 e. The number of fused-ring (bicyclic) bond motifs is 1. The van der Waals surface area contributed by atoms with E-state index in [-0.39, 0.29) is 11.1 Å². The van der Waals surface area contributed by atoms with Gasteiger partial charge < -0.3 is 19.3 Å². The highest BCUT2D eigenvalue weighted by atomic mass is 16.6. The van der Waals surface area contributed by atoms with Gasteiger partial charge in [-0.2, -0.15) is 0 Å². The van der Waals surface area contributed by atoms with Crippen molar-refractivity contribution < 1.29 is 33.7 Å². The molecule has 2 aliphatic rings. The van der Waals surface area contributed by atoms with Crippen molar-refractivity contribution in [3.63, 3.8) is 0 Å². The summed E-state index contributed by atoms with van der Waals surface area (Å²) >= 11 is 0. The number of rotatable bonds is 5. The standard InChI is InChI=1S/C24H30O7/c1-6-16(4)22(26)29-13-18(12-25)24(28)31-20-11-15(3)9-7-8-14(2)10-19-21(20)17(5)23(27)30-19/h6,9-10,12,19-21,25H,5,7-8,11,13H2,1-4H3/b14-10+,15-9+,16-6+,18-12+/t19-,20-,21+/m1/s1. The molecule has 0 aromatic carbocycles. The van der Waals surface area contributed by atoms with Gasteiger partial charge in [0, 0.05) is 17.6 Å². The van der Waals surface area contributed by atoms with Gasteiger partial charge in [-0.25, -0.2) is 14.4 Å². The minimum atomic E-state index is -0.838. The Bertz CT molecular complexity index is 872. The van der Waals surface area contributed by atoms with Gasteiger partial charge in [-0.15, -0.1) is 0 Å². The molecule has 2 rings (SSSR count). The van der Waals surface area contributed by atoms with Crippen molar-refractivity contribution >= 4 is 17.9 Å². The summed E-state index contributed by atoms with van der Waals surface area (Å²) in [6, 6.07) is 0. The maximum Gasteiger partial charge on any atom is 0.340 e. The van der Waals surface area contributed by atoms with E-state index in [0.717, 1.165) is 24.0 Å². The van der Waals surface area contributed by atoms with Gasteiger partial charge >= 0.3 is 17.9 Å². The van der Waals surface area contributed by atoms with Crippen LogP contribution in [0.1, 0.15) is 47.0 Å². The van der Waals surface area contributed by atoms with Gasteiger partial charge in [-0.3, -0.25) is 0 Å². The molecule has 0 aromatic heterocycles. The Kier molecular flexibility index (Phi) is 8.42. The second-order valence-corrected chi connectivity index (χ2v) is 7.87. The first kappa shape index (κ1) is 24.2. The van der Waals surface area contributed by atoms with E-state index in [4.69, 9.17) is 14.2 Å². The van der Waals surface area contributed by atoms with E-state index in [1.165, 1.54) is 0 Å². The molecule has 1 aliphatic carbocycles. The average Bonchev–Trinajstić information content (AvgIpc) is 2.99. The fourth-order valence-corrected chi connectivity index (χ4v) is 3.47. The summed E-state index contributed by atoms with van der Waals surface area (Å²) in [6.45, 7) is 10.6. The van der Waals surface area contributed by atoms with Gasteiger partial charge in [-0.05, 0) is 46.6 Å². The minimum Gasteiger partial charge on any atom is -0.515 e. The molecule has 168 valence electrons. The van der Waals surface area contributed by atoms with Crippen LogP contribution in [0, 0.1) is 5.92 Å². The third-order valence-corrected chi connectivity index (χ3v) is 5.46. The van der Waals surface area contributed by atoms with Crippen LogP contribution in [-0.2, 0) is 28.6 Å². The van der Waals surface area contributed by atoms with E-state index < -0.39 is 42.6 Å². The summed E-state index contributed by atoms with van der Waals surface area (Å²) < 4.78 is 16.2. The SMILES string of the molecule is C=C1C(=O)O[C@@H]2/C=C(\C)CC/C=C(\C)C[C@@H](OC(=O)/C(=C/O)COC(=O)/C(C)=C/C)[C@@H]12. The van der Waals surface area contributed by atoms with Crippen molar-refractivity contribution in [1.29, 1.82) is 0 Å². The number of allylic oxidation sites excluding steroid dienone is 3. The van der Waals surface area contributed by atoms with Crippen LogP contribution in [0.25, 0.3) is 0 Å². The van der Waals surface area contributed by atoms with E-state index in [9.17, 15) is 19.5 Å². The topological polar surface area (TPSA) is 99.1 Å². The van der Waals surface area contributed by atoms with Crippen LogP contribution < -0.4 is 0 Å². The summed E-state index contributed by atoms with van der Waals surface area (Å²) in [4.78, 5) is 36.8. The molecule has 3 atom stereocenters. The highest BCUT2D eigenvalue weighted by Gasteiger charge is 2.44. The largest absolute Gasteiger partial charge is 0.515 e. The maximum atomic E-state index is 12.7. The normalized spacial score (nSPS) is 28.5. The molecule has 7 heteroatoms. The number of carbonyl (C=O) groups is 3. The van der Waals surface area contributed by atoms with Crippen molar-refractivity contribution in [3.05, 3.63) is 58.9 Å². The number of aliphatic hydroxyl groups is 1. The maximum absolute atomic E-state index is 12.7. The van der Waals surface area contributed by atoms with Crippen LogP contribution in [0.5, 0.6) is 0 Å². The Morgan fingerprint density at radius 2 is 2.00 bits per heavy atom. The predicted molar refractivity (Wildman–Crippen MR) is 115 cm³/mol. The van der Waals surface area contributed by atoms with Crippen LogP contribution in [0.15, 0.2) is 58.9 Å². The molecule has 1 fully saturated rings. The Morgan fingerprint density at radius 3 is 2.65 bits per heavy atom. The lowest BCUT2D eigenvalue weighted by molar-refractivity contribution is -0.148. The summed E-state index contributed by atoms with van der Waals surface area (Å²) in [7, 11) is 0. The van der Waals surface area contributed by atoms with Crippen molar-refractivity contribution in [2.75, 3.05) is 6.61 Å². The molecule has 0 spiro atoms. The minimum absolute atomic E-state index is 0.213. The van der Waals surface area contributed by atoms with E-state index >= 15 is 0 Å². The van der Waals surface area contributed by atoms with Crippen LogP contribution in [0.2, 0.25) is 0 Å². The van der Waals surface area contributed by atoms with Gasteiger partial charge in [0.15, 0.2) is 0 Å². The molecular formula is C24H30O7. The molecule has 1 aliphatic heterocycles. The lowest BCUT2D eigenvalue weighted by Gasteiger charge is -2.27. The molecular weight excluding hydrogens is 400 g/mol. The van der Waals surface area contributed by atoms with Gasteiger partial charge in [0.25, 0.3) is 0 Å². The molecule has 1 N–H and O–H groups in total. The number of hydrogen-bond acceptors (Lipinski definition) is 7. The quantitative estimate of drug-likeness (QED) is 0.231. The Labute approximate surface area is 182 Å². The summed E-state index contributed by atoms with van der Waals surface area (Å²) in [5.74, 6) is -2.51. The molecule has 0 saturated carbocycles. The Morgan fingerprint density at radius 1 is 1.29 bits per heavy atom. The first-order chi connectivity index (χ1) is 14.7. The lowest BCUT2D eigenvalue weighted by Crippen LogP contribution is -2.34. The zero-order chi connectivity index (χ0) is 23.1. The zero-order valence-electron chi connectivity index (χ0n) is 18.5. The zero-order valence-corrected chi connectivity index (χ0v) is 18.5. The number of esters is 3. The van der Waals surface area contributed by atoms with E-state index in [1.807, 2.05) is 19.9 Å². The van der Waals surface area contributed by atoms with Crippen molar-refractivity contribution in [2.45, 2.75) is 59.2 Å². The van der Waals surface area contributed by atoms with E-state index in [0.29, 0.717) is 18.3 Å². The van der Waals surface area contributed by atoms with E-state index in [1.54, 1.807) is 19.9 Å². The molecule has 1 saturated heterocycles. The second kappa shape index (κ2) is 10.8. The second-order valence-electron chi connectivity index (χ2n) is 7.87. The molecule has 0 amide bonds. The molecule has 0 aromatic rings. The van der Waals surface area contributed by atoms with Gasteiger partial charge in [0.2, 0.25) is 0 Å². The summed E-state index contributed by atoms with van der Waals surface area (Å²) in [5.41, 5.74) is 2.47. The highest BCUT2D eigenvalue weighted by molar-refractivity contribution is 5.92. The number of aliphatic hydroxyl groups excluding tert-OH is 1.